The number of hydrogen-bond acceptors (Lipinski definition) is 5. The number of nitrogens with one attached hydrogen (secondary N) is 1. The number of hydrogen-bond donors (Lipinski definition) is 2. The first-order valence-corrected chi connectivity index (χ1v) is 6.05. The molecule has 0 spiro atoms. The second-order valence-electron chi connectivity index (χ2n) is 4.18. The van der Waals surface area contributed by atoms with E-state index in [1.807, 2.05) is 0 Å². The first kappa shape index (κ1) is 12.8. The van der Waals surface area contributed by atoms with E-state index in [-0.39, 0.29) is 5.91 Å². The van der Waals surface area contributed by atoms with Gasteiger partial charge in [-0.05, 0) is 12.1 Å². The predicted octanol–water partition coefficient (Wildman–Crippen LogP) is -0.274. The molecule has 1 aliphatic heterocycles. The molecule has 6 nitrogen and oxygen atoms in total. The normalized spacial score (nSPS) is 16.4. The average molecular weight is 250 g/mol. The number of carbonyl (C=O) groups is 1. The van der Waals surface area contributed by atoms with Crippen LogP contribution in [0.4, 0.5) is 5.82 Å². The molecule has 98 valence electrons. The molecule has 1 saturated heterocycles. The summed E-state index contributed by atoms with van der Waals surface area (Å²) in [4.78, 5) is 17.9. The molecule has 0 atom stereocenters. The molecule has 2 heterocycles. The molecule has 1 aromatic rings. The van der Waals surface area contributed by atoms with Crippen LogP contribution < -0.4 is 11.1 Å². The summed E-state index contributed by atoms with van der Waals surface area (Å²) >= 11 is 0. The second kappa shape index (κ2) is 6.32. The van der Waals surface area contributed by atoms with E-state index >= 15 is 0 Å². The molecule has 3 N–H and O–H groups in total. The highest BCUT2D eigenvalue weighted by Crippen LogP contribution is 2.02. The molecule has 1 amide bonds. The van der Waals surface area contributed by atoms with Crippen molar-refractivity contribution in [1.82, 2.24) is 15.2 Å². The Hall–Kier alpha value is -1.66. The van der Waals surface area contributed by atoms with Crippen LogP contribution in [0.15, 0.2) is 18.3 Å². The van der Waals surface area contributed by atoms with E-state index in [0.717, 1.165) is 32.8 Å². The lowest BCUT2D eigenvalue weighted by molar-refractivity contribution is 0.0383. The molecular weight excluding hydrogens is 232 g/mol. The smallest absolute Gasteiger partial charge is 0.251 e. The summed E-state index contributed by atoms with van der Waals surface area (Å²) in [7, 11) is 0. The number of nitrogens with zero attached hydrogens (tertiary/aromatic N) is 2. The Bertz CT molecular complexity index is 405. The highest BCUT2D eigenvalue weighted by molar-refractivity contribution is 5.94. The summed E-state index contributed by atoms with van der Waals surface area (Å²) in [6.45, 7) is 4.87. The van der Waals surface area contributed by atoms with Crippen molar-refractivity contribution >= 4 is 11.7 Å². The van der Waals surface area contributed by atoms with Gasteiger partial charge in [-0.25, -0.2) is 4.98 Å². The molecule has 1 fully saturated rings. The zero-order chi connectivity index (χ0) is 12.8. The molecule has 6 heteroatoms. The highest BCUT2D eigenvalue weighted by atomic mass is 16.5. The standard InChI is InChI=1S/C12H18N4O2/c13-11-9-10(1-2-14-11)12(17)15-3-4-16-5-7-18-8-6-16/h1-2,9H,3-8H2,(H2,13,14)(H,15,17). The van der Waals surface area contributed by atoms with Crippen LogP contribution in [0.5, 0.6) is 0 Å². The van der Waals surface area contributed by atoms with Gasteiger partial charge < -0.3 is 15.8 Å². The minimum absolute atomic E-state index is 0.114. The summed E-state index contributed by atoms with van der Waals surface area (Å²) < 4.78 is 5.26. The molecule has 2 rings (SSSR count). The summed E-state index contributed by atoms with van der Waals surface area (Å²) in [6.07, 6.45) is 1.53. The fraction of sp³-hybridized carbons (Fsp3) is 0.500. The molecule has 18 heavy (non-hydrogen) atoms. The van der Waals surface area contributed by atoms with Gasteiger partial charge >= 0.3 is 0 Å². The van der Waals surface area contributed by atoms with Crippen molar-refractivity contribution in [3.63, 3.8) is 0 Å². The molecule has 0 aliphatic carbocycles. The molecular formula is C12H18N4O2. The Kier molecular flexibility index (Phi) is 4.49. The quantitative estimate of drug-likeness (QED) is 0.768. The zero-order valence-electron chi connectivity index (χ0n) is 10.3. The number of anilines is 1. The van der Waals surface area contributed by atoms with Crippen molar-refractivity contribution in [3.05, 3.63) is 23.9 Å². The van der Waals surface area contributed by atoms with E-state index in [9.17, 15) is 4.79 Å². The van der Waals surface area contributed by atoms with Crippen molar-refractivity contribution in [3.8, 4) is 0 Å². The Morgan fingerprint density at radius 3 is 3.00 bits per heavy atom. The Balaban J connectivity index is 1.74. The lowest BCUT2D eigenvalue weighted by Gasteiger charge is -2.26. The molecule has 0 radical (unpaired) electrons. The summed E-state index contributed by atoms with van der Waals surface area (Å²) in [5, 5.41) is 2.87. The third-order valence-corrected chi connectivity index (χ3v) is 2.86. The molecule has 1 aliphatic rings. The third kappa shape index (κ3) is 3.68. The summed E-state index contributed by atoms with van der Waals surface area (Å²) in [5.74, 6) is 0.244. The molecule has 0 unspecified atom stereocenters. The number of morpholine rings is 1. The maximum absolute atomic E-state index is 11.8. The Labute approximate surface area is 106 Å². The lowest BCUT2D eigenvalue weighted by Crippen LogP contribution is -2.41. The van der Waals surface area contributed by atoms with Gasteiger partial charge in [-0.1, -0.05) is 0 Å². The van der Waals surface area contributed by atoms with Gasteiger partial charge in [0.2, 0.25) is 0 Å². The van der Waals surface area contributed by atoms with Gasteiger partial charge in [0.05, 0.1) is 13.2 Å². The zero-order valence-corrected chi connectivity index (χ0v) is 10.3. The maximum atomic E-state index is 11.8. The van der Waals surface area contributed by atoms with E-state index in [2.05, 4.69) is 15.2 Å². The van der Waals surface area contributed by atoms with Gasteiger partial charge in [0.25, 0.3) is 5.91 Å². The fourth-order valence-corrected chi connectivity index (χ4v) is 1.84. The van der Waals surface area contributed by atoms with Crippen LogP contribution in [-0.4, -0.2) is 55.2 Å². The van der Waals surface area contributed by atoms with Gasteiger partial charge in [-0.3, -0.25) is 9.69 Å². The van der Waals surface area contributed by atoms with Crippen molar-refractivity contribution in [2.45, 2.75) is 0 Å². The number of aromatic nitrogens is 1. The van der Waals surface area contributed by atoms with Gasteiger partial charge in [0, 0.05) is 37.9 Å². The van der Waals surface area contributed by atoms with Crippen molar-refractivity contribution in [2.24, 2.45) is 0 Å². The first-order chi connectivity index (χ1) is 8.75. The topological polar surface area (TPSA) is 80.5 Å². The largest absolute Gasteiger partial charge is 0.384 e. The molecule has 1 aromatic heterocycles. The van der Waals surface area contributed by atoms with Crippen molar-refractivity contribution in [2.75, 3.05) is 45.1 Å². The summed E-state index contributed by atoms with van der Waals surface area (Å²) in [5.41, 5.74) is 6.07. The number of nitrogen functional groups attached to an aromatic ring is 1. The highest BCUT2D eigenvalue weighted by Gasteiger charge is 2.10. The molecule has 0 bridgehead atoms. The van der Waals surface area contributed by atoms with Crippen LogP contribution in [0.3, 0.4) is 0 Å². The van der Waals surface area contributed by atoms with Crippen LogP contribution in [-0.2, 0) is 4.74 Å². The van der Waals surface area contributed by atoms with E-state index in [4.69, 9.17) is 10.5 Å². The van der Waals surface area contributed by atoms with Crippen molar-refractivity contribution in [1.29, 1.82) is 0 Å². The van der Waals surface area contributed by atoms with E-state index in [1.165, 1.54) is 6.20 Å². The Morgan fingerprint density at radius 2 is 2.28 bits per heavy atom. The fourth-order valence-electron chi connectivity index (χ4n) is 1.84. The van der Waals surface area contributed by atoms with Crippen LogP contribution in [0.1, 0.15) is 10.4 Å². The predicted molar refractivity (Wildman–Crippen MR) is 68.2 cm³/mol. The molecule has 0 aromatic carbocycles. The number of amides is 1. The number of nitrogens with two attached hydrogens (primary N) is 1. The summed E-state index contributed by atoms with van der Waals surface area (Å²) in [6, 6.07) is 3.23. The van der Waals surface area contributed by atoms with Crippen LogP contribution >= 0.6 is 0 Å². The van der Waals surface area contributed by atoms with E-state index in [0.29, 0.717) is 17.9 Å². The minimum atomic E-state index is -0.114. The van der Waals surface area contributed by atoms with Gasteiger partial charge in [0.15, 0.2) is 0 Å². The number of rotatable bonds is 4. The minimum Gasteiger partial charge on any atom is -0.384 e. The van der Waals surface area contributed by atoms with E-state index < -0.39 is 0 Å². The number of carbonyl (C=O) groups excluding carboxylic acids is 1. The first-order valence-electron chi connectivity index (χ1n) is 6.05. The van der Waals surface area contributed by atoms with Crippen molar-refractivity contribution < 1.29 is 9.53 Å². The monoisotopic (exact) mass is 250 g/mol. The van der Waals surface area contributed by atoms with E-state index in [1.54, 1.807) is 12.1 Å². The number of ether oxygens (including phenoxy) is 1. The third-order valence-electron chi connectivity index (χ3n) is 2.86. The average Bonchev–Trinajstić information content (AvgIpc) is 2.40. The van der Waals surface area contributed by atoms with Crippen LogP contribution in [0.2, 0.25) is 0 Å². The second-order valence-corrected chi connectivity index (χ2v) is 4.18. The maximum Gasteiger partial charge on any atom is 0.251 e. The van der Waals surface area contributed by atoms with Crippen LogP contribution in [0, 0.1) is 0 Å². The van der Waals surface area contributed by atoms with Crippen LogP contribution in [0.25, 0.3) is 0 Å². The number of pyridine rings is 1. The Morgan fingerprint density at radius 1 is 1.50 bits per heavy atom. The van der Waals surface area contributed by atoms with Gasteiger partial charge in [-0.2, -0.15) is 0 Å². The molecule has 0 saturated carbocycles. The van der Waals surface area contributed by atoms with Gasteiger partial charge in [0.1, 0.15) is 5.82 Å². The van der Waals surface area contributed by atoms with Gasteiger partial charge in [-0.15, -0.1) is 0 Å². The SMILES string of the molecule is Nc1cc(C(=O)NCCN2CCOCC2)ccn1. The lowest BCUT2D eigenvalue weighted by atomic mass is 10.2.